The molecule has 1 fully saturated rings. The highest BCUT2D eigenvalue weighted by atomic mass is 16.5. The molecule has 1 aromatic carbocycles. The average Bonchev–Trinajstić information content (AvgIpc) is 2.43. The van der Waals surface area contributed by atoms with Gasteiger partial charge in [-0.25, -0.2) is 0 Å². The van der Waals surface area contributed by atoms with Gasteiger partial charge in [0.15, 0.2) is 0 Å². The van der Waals surface area contributed by atoms with Crippen LogP contribution in [0.4, 0.5) is 0 Å². The molecule has 0 radical (unpaired) electrons. The fourth-order valence-electron chi connectivity index (χ4n) is 2.29. The van der Waals surface area contributed by atoms with Crippen LogP contribution in [0.3, 0.4) is 0 Å². The van der Waals surface area contributed by atoms with Gasteiger partial charge in [-0.05, 0) is 25.5 Å². The van der Waals surface area contributed by atoms with E-state index >= 15 is 0 Å². The summed E-state index contributed by atoms with van der Waals surface area (Å²) in [4.78, 5) is 2.31. The molecule has 1 aliphatic rings. The molecule has 2 unspecified atom stereocenters. The number of morpholine rings is 1. The van der Waals surface area contributed by atoms with Gasteiger partial charge in [0, 0.05) is 19.1 Å². The van der Waals surface area contributed by atoms with Crippen molar-refractivity contribution in [3.63, 3.8) is 0 Å². The van der Waals surface area contributed by atoms with Gasteiger partial charge in [0.25, 0.3) is 0 Å². The van der Waals surface area contributed by atoms with Crippen LogP contribution in [0.15, 0.2) is 24.3 Å². The van der Waals surface area contributed by atoms with Crippen LogP contribution in [0.25, 0.3) is 0 Å². The fourth-order valence-corrected chi connectivity index (χ4v) is 2.29. The zero-order chi connectivity index (χ0) is 13.7. The summed E-state index contributed by atoms with van der Waals surface area (Å²) in [6.45, 7) is 7.24. The van der Waals surface area contributed by atoms with Crippen LogP contribution < -0.4 is 4.74 Å². The van der Waals surface area contributed by atoms with Gasteiger partial charge in [0.2, 0.25) is 0 Å². The van der Waals surface area contributed by atoms with E-state index in [-0.39, 0.29) is 12.7 Å². The first kappa shape index (κ1) is 14.3. The van der Waals surface area contributed by atoms with Crippen LogP contribution in [0, 0.1) is 6.92 Å². The lowest BCUT2D eigenvalue weighted by molar-refractivity contribution is -0.0798. The Morgan fingerprint density at radius 2 is 2.21 bits per heavy atom. The van der Waals surface area contributed by atoms with Crippen molar-refractivity contribution < 1.29 is 14.6 Å². The van der Waals surface area contributed by atoms with Crippen molar-refractivity contribution in [1.82, 2.24) is 4.90 Å². The van der Waals surface area contributed by atoms with E-state index in [1.165, 1.54) is 0 Å². The maximum absolute atomic E-state index is 9.15. The highest BCUT2D eigenvalue weighted by Crippen LogP contribution is 2.16. The molecule has 0 amide bonds. The van der Waals surface area contributed by atoms with E-state index in [4.69, 9.17) is 14.6 Å². The zero-order valence-corrected chi connectivity index (χ0v) is 11.7. The molecule has 2 rings (SSSR count). The molecule has 106 valence electrons. The molecule has 1 aromatic rings. The Morgan fingerprint density at radius 1 is 1.42 bits per heavy atom. The van der Waals surface area contributed by atoms with Crippen molar-refractivity contribution in [2.75, 3.05) is 32.9 Å². The lowest BCUT2D eigenvalue weighted by Gasteiger charge is -2.37. The van der Waals surface area contributed by atoms with E-state index in [9.17, 15) is 0 Å². The van der Waals surface area contributed by atoms with Gasteiger partial charge in [0.05, 0.1) is 19.3 Å². The van der Waals surface area contributed by atoms with Gasteiger partial charge in [-0.2, -0.15) is 0 Å². The number of ether oxygens (including phenoxy) is 2. The zero-order valence-electron chi connectivity index (χ0n) is 11.7. The summed E-state index contributed by atoms with van der Waals surface area (Å²) < 4.78 is 11.3. The SMILES string of the molecule is Cc1ccccc1OCCN1CC(CO)OCC1C. The predicted octanol–water partition coefficient (Wildman–Crippen LogP) is 1.46. The van der Waals surface area contributed by atoms with Crippen molar-refractivity contribution in [2.24, 2.45) is 0 Å². The Kier molecular flexibility index (Phi) is 5.19. The quantitative estimate of drug-likeness (QED) is 0.875. The summed E-state index contributed by atoms with van der Waals surface area (Å²) in [5.41, 5.74) is 1.16. The van der Waals surface area contributed by atoms with Crippen LogP contribution in [-0.2, 0) is 4.74 Å². The van der Waals surface area contributed by atoms with Crippen LogP contribution in [0.1, 0.15) is 12.5 Å². The topological polar surface area (TPSA) is 41.9 Å². The third-order valence-corrected chi connectivity index (χ3v) is 3.57. The second kappa shape index (κ2) is 6.89. The summed E-state index contributed by atoms with van der Waals surface area (Å²) in [5.74, 6) is 0.946. The smallest absolute Gasteiger partial charge is 0.122 e. The molecule has 0 bridgehead atoms. The molecular weight excluding hydrogens is 242 g/mol. The van der Waals surface area contributed by atoms with E-state index in [2.05, 4.69) is 24.8 Å². The number of hydrogen-bond acceptors (Lipinski definition) is 4. The molecule has 1 heterocycles. The Morgan fingerprint density at radius 3 is 2.95 bits per heavy atom. The minimum absolute atomic E-state index is 0.0605. The number of rotatable bonds is 5. The number of para-hydroxylation sites is 1. The first-order chi connectivity index (χ1) is 9.20. The monoisotopic (exact) mass is 265 g/mol. The fraction of sp³-hybridized carbons (Fsp3) is 0.600. The highest BCUT2D eigenvalue weighted by Gasteiger charge is 2.25. The van der Waals surface area contributed by atoms with E-state index in [1.54, 1.807) is 0 Å². The van der Waals surface area contributed by atoms with Gasteiger partial charge < -0.3 is 14.6 Å². The molecule has 1 N–H and O–H groups in total. The molecular formula is C15H23NO3. The van der Waals surface area contributed by atoms with Crippen molar-refractivity contribution in [1.29, 1.82) is 0 Å². The number of aryl methyl sites for hydroxylation is 1. The van der Waals surface area contributed by atoms with Gasteiger partial charge in [0.1, 0.15) is 12.4 Å². The predicted molar refractivity (Wildman–Crippen MR) is 74.5 cm³/mol. The number of hydrogen-bond donors (Lipinski definition) is 1. The molecule has 1 aliphatic heterocycles. The highest BCUT2D eigenvalue weighted by molar-refractivity contribution is 5.31. The number of aliphatic hydroxyl groups excluding tert-OH is 1. The lowest BCUT2D eigenvalue weighted by atomic mass is 10.2. The molecule has 0 spiro atoms. The molecule has 1 saturated heterocycles. The summed E-state index contributed by atoms with van der Waals surface area (Å²) in [5, 5.41) is 9.15. The van der Waals surface area contributed by atoms with E-state index in [0.717, 1.165) is 24.4 Å². The molecule has 4 heteroatoms. The normalized spacial score (nSPS) is 24.4. The van der Waals surface area contributed by atoms with E-state index in [0.29, 0.717) is 19.3 Å². The van der Waals surface area contributed by atoms with Crippen LogP contribution in [-0.4, -0.2) is 55.1 Å². The van der Waals surface area contributed by atoms with E-state index < -0.39 is 0 Å². The van der Waals surface area contributed by atoms with Crippen molar-refractivity contribution in [2.45, 2.75) is 26.0 Å². The standard InChI is InChI=1S/C15H23NO3/c1-12-5-3-4-6-15(12)18-8-7-16-9-14(10-17)19-11-13(16)2/h3-6,13-14,17H,7-11H2,1-2H3. The number of benzene rings is 1. The third-order valence-electron chi connectivity index (χ3n) is 3.57. The second-order valence-corrected chi connectivity index (χ2v) is 5.10. The maximum Gasteiger partial charge on any atom is 0.122 e. The minimum Gasteiger partial charge on any atom is -0.492 e. The average molecular weight is 265 g/mol. The van der Waals surface area contributed by atoms with Gasteiger partial charge >= 0.3 is 0 Å². The first-order valence-electron chi connectivity index (χ1n) is 6.85. The summed E-state index contributed by atoms with van der Waals surface area (Å²) in [6.07, 6.45) is -0.0605. The van der Waals surface area contributed by atoms with Crippen molar-refractivity contribution in [3.8, 4) is 5.75 Å². The van der Waals surface area contributed by atoms with Gasteiger partial charge in [-0.15, -0.1) is 0 Å². The largest absolute Gasteiger partial charge is 0.492 e. The first-order valence-corrected chi connectivity index (χ1v) is 6.85. The third kappa shape index (κ3) is 3.93. The summed E-state index contributed by atoms with van der Waals surface area (Å²) >= 11 is 0. The minimum atomic E-state index is -0.0605. The van der Waals surface area contributed by atoms with Crippen LogP contribution in [0.2, 0.25) is 0 Å². The molecule has 19 heavy (non-hydrogen) atoms. The van der Waals surface area contributed by atoms with Crippen LogP contribution >= 0.6 is 0 Å². The van der Waals surface area contributed by atoms with Crippen molar-refractivity contribution >= 4 is 0 Å². The Hall–Kier alpha value is -1.10. The number of aliphatic hydroxyl groups is 1. The summed E-state index contributed by atoms with van der Waals surface area (Å²) in [6, 6.07) is 8.42. The Bertz CT molecular complexity index is 397. The molecule has 0 aliphatic carbocycles. The molecule has 4 nitrogen and oxygen atoms in total. The lowest BCUT2D eigenvalue weighted by Crippen LogP contribution is -2.50. The maximum atomic E-state index is 9.15. The molecule has 0 aromatic heterocycles. The molecule has 2 atom stereocenters. The van der Waals surface area contributed by atoms with Crippen molar-refractivity contribution in [3.05, 3.63) is 29.8 Å². The second-order valence-electron chi connectivity index (χ2n) is 5.10. The van der Waals surface area contributed by atoms with Gasteiger partial charge in [-0.1, -0.05) is 18.2 Å². The Balaban J connectivity index is 1.80. The number of nitrogens with zero attached hydrogens (tertiary/aromatic N) is 1. The Labute approximate surface area is 114 Å². The van der Waals surface area contributed by atoms with Gasteiger partial charge in [-0.3, -0.25) is 4.90 Å². The van der Waals surface area contributed by atoms with E-state index in [1.807, 2.05) is 18.2 Å². The van der Waals surface area contributed by atoms with Crippen LogP contribution in [0.5, 0.6) is 5.75 Å². The molecule has 0 saturated carbocycles. The summed E-state index contributed by atoms with van der Waals surface area (Å²) in [7, 11) is 0.